The molecule has 1 atom stereocenters. The number of aliphatic hydroxyl groups is 1. The minimum absolute atomic E-state index is 0.00187. The average Bonchev–Trinajstić information content (AvgIpc) is 2.28. The summed E-state index contributed by atoms with van der Waals surface area (Å²) in [6.07, 6.45) is 0. The molecule has 0 aliphatic rings. The molecule has 96 valence electrons. The topological polar surface area (TPSA) is 23.5 Å². The molecule has 1 aromatic carbocycles. The fourth-order valence-corrected chi connectivity index (χ4v) is 1.91. The Morgan fingerprint density at radius 2 is 1.94 bits per heavy atom. The van der Waals surface area contributed by atoms with Gasteiger partial charge in [-0.15, -0.1) is 0 Å². The largest absolute Gasteiger partial charge is 0.396 e. The first-order chi connectivity index (χ1) is 7.87. The summed E-state index contributed by atoms with van der Waals surface area (Å²) in [5.74, 6) is -0.173. The second kappa shape index (κ2) is 5.61. The van der Waals surface area contributed by atoms with Crippen molar-refractivity contribution in [3.8, 4) is 0 Å². The lowest BCUT2D eigenvalue weighted by Gasteiger charge is -2.32. The summed E-state index contributed by atoms with van der Waals surface area (Å²) in [7, 11) is 1.95. The average molecular weight is 239 g/mol. The molecule has 1 unspecified atom stereocenters. The molecule has 0 bridgehead atoms. The van der Waals surface area contributed by atoms with Crippen molar-refractivity contribution in [2.75, 3.05) is 20.2 Å². The monoisotopic (exact) mass is 239 g/mol. The van der Waals surface area contributed by atoms with Crippen LogP contribution in [0.1, 0.15) is 32.4 Å². The lowest BCUT2D eigenvalue weighted by molar-refractivity contribution is 0.0977. The number of benzene rings is 1. The van der Waals surface area contributed by atoms with E-state index in [0.717, 1.165) is 6.54 Å². The van der Waals surface area contributed by atoms with Gasteiger partial charge in [0, 0.05) is 30.2 Å². The highest BCUT2D eigenvalue weighted by Gasteiger charge is 2.23. The van der Waals surface area contributed by atoms with Crippen molar-refractivity contribution in [3.05, 3.63) is 35.6 Å². The molecule has 0 fully saturated rings. The maximum atomic E-state index is 13.6. The van der Waals surface area contributed by atoms with E-state index in [9.17, 15) is 9.50 Å². The van der Waals surface area contributed by atoms with Crippen molar-refractivity contribution in [1.82, 2.24) is 4.90 Å². The highest BCUT2D eigenvalue weighted by Crippen LogP contribution is 2.25. The zero-order valence-corrected chi connectivity index (χ0v) is 11.1. The standard InChI is InChI=1S/C14H22FNO/c1-11(12-7-5-6-8-13(12)15)16(4)9-14(2,3)10-17/h5-8,11,17H,9-10H2,1-4H3. The molecule has 0 aliphatic heterocycles. The third kappa shape index (κ3) is 3.79. The fourth-order valence-electron chi connectivity index (χ4n) is 1.91. The highest BCUT2D eigenvalue weighted by molar-refractivity contribution is 5.20. The summed E-state index contributed by atoms with van der Waals surface area (Å²) < 4.78 is 13.6. The minimum Gasteiger partial charge on any atom is -0.396 e. The summed E-state index contributed by atoms with van der Waals surface area (Å²) >= 11 is 0. The van der Waals surface area contributed by atoms with Gasteiger partial charge in [-0.3, -0.25) is 4.90 Å². The van der Waals surface area contributed by atoms with Crippen molar-refractivity contribution in [2.24, 2.45) is 5.41 Å². The van der Waals surface area contributed by atoms with E-state index in [4.69, 9.17) is 0 Å². The molecule has 0 saturated heterocycles. The Labute approximate surface area is 103 Å². The number of nitrogens with zero attached hydrogens (tertiary/aromatic N) is 1. The molecule has 1 rings (SSSR count). The Balaban J connectivity index is 2.77. The summed E-state index contributed by atoms with van der Waals surface area (Å²) in [6.45, 7) is 6.82. The van der Waals surface area contributed by atoms with Crippen LogP contribution in [0.15, 0.2) is 24.3 Å². The van der Waals surface area contributed by atoms with Gasteiger partial charge in [0.05, 0.1) is 0 Å². The lowest BCUT2D eigenvalue weighted by Crippen LogP contribution is -2.35. The molecular formula is C14H22FNO. The van der Waals surface area contributed by atoms with Crippen molar-refractivity contribution in [1.29, 1.82) is 0 Å². The Bertz CT molecular complexity index is 365. The normalized spacial score (nSPS) is 14.1. The number of rotatable bonds is 5. The molecule has 0 aromatic heterocycles. The molecule has 2 nitrogen and oxygen atoms in total. The fraction of sp³-hybridized carbons (Fsp3) is 0.571. The molecule has 0 heterocycles. The van der Waals surface area contributed by atoms with Crippen LogP contribution in [0.4, 0.5) is 4.39 Å². The van der Waals surface area contributed by atoms with Crippen molar-refractivity contribution >= 4 is 0 Å². The number of hydrogen-bond acceptors (Lipinski definition) is 2. The van der Waals surface area contributed by atoms with E-state index in [1.165, 1.54) is 6.07 Å². The first-order valence-electron chi connectivity index (χ1n) is 5.93. The van der Waals surface area contributed by atoms with Crippen LogP contribution in [0.2, 0.25) is 0 Å². The van der Waals surface area contributed by atoms with E-state index < -0.39 is 0 Å². The minimum atomic E-state index is -0.173. The lowest BCUT2D eigenvalue weighted by atomic mass is 9.93. The molecule has 0 aliphatic carbocycles. The Morgan fingerprint density at radius 1 is 1.35 bits per heavy atom. The van der Waals surface area contributed by atoms with Crippen molar-refractivity contribution in [3.63, 3.8) is 0 Å². The molecule has 1 aromatic rings. The Morgan fingerprint density at radius 3 is 2.47 bits per heavy atom. The smallest absolute Gasteiger partial charge is 0.127 e. The zero-order chi connectivity index (χ0) is 13.1. The van der Waals surface area contributed by atoms with E-state index in [1.54, 1.807) is 6.07 Å². The summed E-state index contributed by atoms with van der Waals surface area (Å²) in [4.78, 5) is 2.06. The summed E-state index contributed by atoms with van der Waals surface area (Å²) in [5, 5.41) is 9.25. The number of halogens is 1. The van der Waals surface area contributed by atoms with Gasteiger partial charge in [-0.1, -0.05) is 32.0 Å². The van der Waals surface area contributed by atoms with E-state index in [1.807, 2.05) is 40.0 Å². The molecule has 17 heavy (non-hydrogen) atoms. The molecule has 1 N–H and O–H groups in total. The van der Waals surface area contributed by atoms with Gasteiger partial charge >= 0.3 is 0 Å². The summed E-state index contributed by atoms with van der Waals surface area (Å²) in [6, 6.07) is 6.84. The Kier molecular flexibility index (Phi) is 4.66. The van der Waals surface area contributed by atoms with Crippen molar-refractivity contribution in [2.45, 2.75) is 26.8 Å². The van der Waals surface area contributed by atoms with E-state index in [2.05, 4.69) is 4.90 Å². The first kappa shape index (κ1) is 14.1. The Hall–Kier alpha value is -0.930. The molecule has 0 radical (unpaired) electrons. The van der Waals surface area contributed by atoms with Crippen LogP contribution in [0.25, 0.3) is 0 Å². The van der Waals surface area contributed by atoms with Gasteiger partial charge in [-0.25, -0.2) is 4.39 Å². The predicted octanol–water partition coefficient (Wildman–Crippen LogP) is 2.84. The van der Waals surface area contributed by atoms with Crippen LogP contribution in [0.3, 0.4) is 0 Å². The van der Waals surface area contributed by atoms with Crippen LogP contribution in [0, 0.1) is 11.2 Å². The SMILES string of the molecule is CC(c1ccccc1F)N(C)CC(C)(C)CO. The van der Waals surface area contributed by atoms with Crippen molar-refractivity contribution < 1.29 is 9.50 Å². The molecular weight excluding hydrogens is 217 g/mol. The van der Waals surface area contributed by atoms with Gasteiger partial charge in [0.2, 0.25) is 0 Å². The second-order valence-corrected chi connectivity index (χ2v) is 5.43. The third-order valence-electron chi connectivity index (χ3n) is 3.12. The van der Waals surface area contributed by atoms with Crippen LogP contribution in [-0.2, 0) is 0 Å². The van der Waals surface area contributed by atoms with Gasteiger partial charge in [0.1, 0.15) is 5.82 Å². The summed E-state index contributed by atoms with van der Waals surface area (Å²) in [5.41, 5.74) is 0.526. The first-order valence-corrected chi connectivity index (χ1v) is 5.93. The maximum absolute atomic E-state index is 13.6. The van der Waals surface area contributed by atoms with Gasteiger partial charge in [-0.05, 0) is 20.0 Å². The maximum Gasteiger partial charge on any atom is 0.127 e. The molecule has 0 saturated carbocycles. The van der Waals surface area contributed by atoms with Crippen LogP contribution in [-0.4, -0.2) is 30.2 Å². The number of aliphatic hydroxyl groups excluding tert-OH is 1. The third-order valence-corrected chi connectivity index (χ3v) is 3.12. The van der Waals surface area contributed by atoms with Crippen LogP contribution in [0.5, 0.6) is 0 Å². The van der Waals surface area contributed by atoms with Crippen LogP contribution < -0.4 is 0 Å². The second-order valence-electron chi connectivity index (χ2n) is 5.43. The predicted molar refractivity (Wildman–Crippen MR) is 68.3 cm³/mol. The van der Waals surface area contributed by atoms with E-state index >= 15 is 0 Å². The van der Waals surface area contributed by atoms with Crippen LogP contribution >= 0.6 is 0 Å². The van der Waals surface area contributed by atoms with E-state index in [-0.39, 0.29) is 23.9 Å². The van der Waals surface area contributed by atoms with Gasteiger partial charge in [0.15, 0.2) is 0 Å². The zero-order valence-electron chi connectivity index (χ0n) is 11.1. The number of hydrogen-bond donors (Lipinski definition) is 1. The van der Waals surface area contributed by atoms with Gasteiger partial charge < -0.3 is 5.11 Å². The van der Waals surface area contributed by atoms with Gasteiger partial charge in [0.25, 0.3) is 0 Å². The molecule has 0 spiro atoms. The molecule has 0 amide bonds. The highest BCUT2D eigenvalue weighted by atomic mass is 19.1. The van der Waals surface area contributed by atoms with E-state index in [0.29, 0.717) is 5.56 Å². The van der Waals surface area contributed by atoms with Gasteiger partial charge in [-0.2, -0.15) is 0 Å². The quantitative estimate of drug-likeness (QED) is 0.854. The molecule has 3 heteroatoms.